The van der Waals surface area contributed by atoms with E-state index in [1.165, 1.54) is 0 Å². The Morgan fingerprint density at radius 2 is 2.17 bits per heavy atom. The van der Waals surface area contributed by atoms with Crippen LogP contribution in [-0.2, 0) is 18.4 Å². The average Bonchev–Trinajstić information content (AvgIpc) is 3.36. The Balaban J connectivity index is 1.44. The molecule has 1 fully saturated rings. The highest BCUT2D eigenvalue weighted by Crippen LogP contribution is 2.32. The Morgan fingerprint density at radius 1 is 1.23 bits per heavy atom. The number of carbonyl (C=O) groups excluding carboxylic acids is 1. The minimum atomic E-state index is -0.224. The molecule has 3 aromatic rings. The zero-order valence-electron chi connectivity index (χ0n) is 16.8. The first kappa shape index (κ1) is 18.8. The van der Waals surface area contributed by atoms with Gasteiger partial charge in [-0.2, -0.15) is 10.1 Å². The maximum Gasteiger partial charge on any atom is 0.261 e. The van der Waals surface area contributed by atoms with Crippen molar-refractivity contribution >= 4 is 5.91 Å². The second kappa shape index (κ2) is 7.91. The van der Waals surface area contributed by atoms with Gasteiger partial charge in [-0.25, -0.2) is 0 Å². The fourth-order valence-corrected chi connectivity index (χ4v) is 4.03. The molecule has 1 atom stereocenters. The molecule has 4 heterocycles. The number of ether oxygens (including phenoxy) is 2. The number of nitrogens with zero attached hydrogens (tertiary/aromatic N) is 5. The summed E-state index contributed by atoms with van der Waals surface area (Å²) in [5.41, 5.74) is 2.26. The Kier molecular flexibility index (Phi) is 4.96. The topological polar surface area (TPSA) is 95.5 Å². The third-order valence-electron chi connectivity index (χ3n) is 5.57. The van der Waals surface area contributed by atoms with E-state index in [1.807, 2.05) is 36.3 Å². The first-order chi connectivity index (χ1) is 14.7. The van der Waals surface area contributed by atoms with Gasteiger partial charge in [-0.15, -0.1) is 0 Å². The van der Waals surface area contributed by atoms with Crippen LogP contribution in [0, 0.1) is 0 Å². The van der Waals surface area contributed by atoms with E-state index in [0.29, 0.717) is 30.4 Å². The molecule has 0 N–H and O–H groups in total. The van der Waals surface area contributed by atoms with E-state index in [0.717, 1.165) is 42.6 Å². The van der Waals surface area contributed by atoms with E-state index < -0.39 is 0 Å². The van der Waals surface area contributed by atoms with E-state index >= 15 is 0 Å². The molecule has 9 nitrogen and oxygen atoms in total. The fourth-order valence-electron chi connectivity index (χ4n) is 4.03. The van der Waals surface area contributed by atoms with Gasteiger partial charge in [0.1, 0.15) is 5.75 Å². The first-order valence-electron chi connectivity index (χ1n) is 10.2. The zero-order valence-corrected chi connectivity index (χ0v) is 16.8. The van der Waals surface area contributed by atoms with Crippen molar-refractivity contribution in [3.05, 3.63) is 47.5 Å². The number of hydrogen-bond acceptors (Lipinski definition) is 7. The van der Waals surface area contributed by atoms with Crippen molar-refractivity contribution < 1.29 is 18.8 Å². The van der Waals surface area contributed by atoms with Gasteiger partial charge in [0.25, 0.3) is 11.8 Å². The van der Waals surface area contributed by atoms with Crippen molar-refractivity contribution in [3.63, 3.8) is 0 Å². The standard InChI is InChI=1S/C21H23N5O4/c1-25-11-16(10-22-25)20-23-19(24-30-20)17-5-3-2-4-8-26(17)21(27)14-6-7-18-15(9-14)12-28-13-29-18/h6-7,9-11,17H,2-5,8,12-13H2,1H3/t17-/m0/s1. The van der Waals surface area contributed by atoms with Gasteiger partial charge in [-0.3, -0.25) is 9.48 Å². The van der Waals surface area contributed by atoms with Crippen molar-refractivity contribution in [2.45, 2.75) is 38.3 Å². The zero-order chi connectivity index (χ0) is 20.5. The second-order valence-electron chi connectivity index (χ2n) is 7.66. The van der Waals surface area contributed by atoms with Gasteiger partial charge in [-0.05, 0) is 31.0 Å². The fraction of sp³-hybridized carbons (Fsp3) is 0.429. The number of aryl methyl sites for hydroxylation is 1. The Bertz CT molecular complexity index is 1060. The molecule has 0 saturated carbocycles. The molecule has 30 heavy (non-hydrogen) atoms. The summed E-state index contributed by atoms with van der Waals surface area (Å²) in [6, 6.07) is 5.28. The van der Waals surface area contributed by atoms with Crippen LogP contribution in [0.2, 0.25) is 0 Å². The van der Waals surface area contributed by atoms with Crippen LogP contribution in [0.3, 0.4) is 0 Å². The summed E-state index contributed by atoms with van der Waals surface area (Å²) in [6.07, 6.45) is 7.34. The summed E-state index contributed by atoms with van der Waals surface area (Å²) >= 11 is 0. The minimum Gasteiger partial charge on any atom is -0.467 e. The number of amides is 1. The molecule has 0 bridgehead atoms. The molecule has 2 aliphatic heterocycles. The number of likely N-dealkylation sites (tertiary alicyclic amines) is 1. The van der Waals surface area contributed by atoms with E-state index in [1.54, 1.807) is 10.9 Å². The molecule has 2 aromatic heterocycles. The van der Waals surface area contributed by atoms with Crippen molar-refractivity contribution in [1.29, 1.82) is 0 Å². The number of benzene rings is 1. The summed E-state index contributed by atoms with van der Waals surface area (Å²) in [7, 11) is 1.83. The molecular weight excluding hydrogens is 386 g/mol. The number of aromatic nitrogens is 4. The second-order valence-corrected chi connectivity index (χ2v) is 7.66. The SMILES string of the molecule is Cn1cc(-c2nc([C@@H]3CCCCCN3C(=O)c3ccc4c(c3)COCO4)no2)cn1. The van der Waals surface area contributed by atoms with Gasteiger partial charge in [0.15, 0.2) is 12.6 Å². The number of carbonyl (C=O) groups is 1. The lowest BCUT2D eigenvalue weighted by Gasteiger charge is -2.28. The van der Waals surface area contributed by atoms with Crippen LogP contribution >= 0.6 is 0 Å². The highest BCUT2D eigenvalue weighted by atomic mass is 16.7. The summed E-state index contributed by atoms with van der Waals surface area (Å²) < 4.78 is 18.0. The molecule has 1 aromatic carbocycles. The molecule has 0 unspecified atom stereocenters. The molecule has 5 rings (SSSR count). The van der Waals surface area contributed by atoms with Crippen LogP contribution in [0.25, 0.3) is 11.5 Å². The highest BCUT2D eigenvalue weighted by molar-refractivity contribution is 5.95. The van der Waals surface area contributed by atoms with E-state index in [9.17, 15) is 4.79 Å². The summed E-state index contributed by atoms with van der Waals surface area (Å²) in [4.78, 5) is 19.9. The molecule has 156 valence electrons. The number of fused-ring (bicyclic) bond motifs is 1. The maximum absolute atomic E-state index is 13.4. The Labute approximate surface area is 173 Å². The predicted molar refractivity (Wildman–Crippen MR) is 105 cm³/mol. The normalized spacial score (nSPS) is 19.1. The van der Waals surface area contributed by atoms with Gasteiger partial charge in [-0.1, -0.05) is 18.0 Å². The molecule has 9 heteroatoms. The van der Waals surface area contributed by atoms with Crippen molar-refractivity contribution in [3.8, 4) is 17.2 Å². The van der Waals surface area contributed by atoms with Crippen LogP contribution in [0.4, 0.5) is 0 Å². The van der Waals surface area contributed by atoms with Crippen LogP contribution in [-0.4, -0.2) is 44.1 Å². The molecule has 0 radical (unpaired) electrons. The smallest absolute Gasteiger partial charge is 0.261 e. The lowest BCUT2D eigenvalue weighted by Crippen LogP contribution is -2.35. The lowest BCUT2D eigenvalue weighted by molar-refractivity contribution is -0.0164. The van der Waals surface area contributed by atoms with Gasteiger partial charge in [0, 0.05) is 30.9 Å². The quantitative estimate of drug-likeness (QED) is 0.656. The van der Waals surface area contributed by atoms with Gasteiger partial charge in [0.05, 0.1) is 24.4 Å². The monoisotopic (exact) mass is 409 g/mol. The average molecular weight is 409 g/mol. The van der Waals surface area contributed by atoms with Gasteiger partial charge < -0.3 is 18.9 Å². The molecule has 1 amide bonds. The minimum absolute atomic E-state index is 0.0389. The maximum atomic E-state index is 13.4. The summed E-state index contributed by atoms with van der Waals surface area (Å²) in [5.74, 6) is 1.68. The van der Waals surface area contributed by atoms with Crippen LogP contribution in [0.5, 0.6) is 5.75 Å². The largest absolute Gasteiger partial charge is 0.467 e. The Hall–Kier alpha value is -3.20. The summed E-state index contributed by atoms with van der Waals surface area (Å²) in [6.45, 7) is 1.34. The third-order valence-corrected chi connectivity index (χ3v) is 5.57. The first-order valence-corrected chi connectivity index (χ1v) is 10.2. The Morgan fingerprint density at radius 3 is 3.03 bits per heavy atom. The van der Waals surface area contributed by atoms with E-state index in [2.05, 4.69) is 15.2 Å². The molecular formula is C21H23N5O4. The molecule has 0 aliphatic carbocycles. The summed E-state index contributed by atoms with van der Waals surface area (Å²) in [5, 5.41) is 8.36. The van der Waals surface area contributed by atoms with Crippen molar-refractivity contribution in [2.75, 3.05) is 13.3 Å². The van der Waals surface area contributed by atoms with Crippen LogP contribution < -0.4 is 4.74 Å². The van der Waals surface area contributed by atoms with E-state index in [4.69, 9.17) is 14.0 Å². The highest BCUT2D eigenvalue weighted by Gasteiger charge is 2.31. The van der Waals surface area contributed by atoms with E-state index in [-0.39, 0.29) is 18.7 Å². The third kappa shape index (κ3) is 3.56. The predicted octanol–water partition coefficient (Wildman–Crippen LogP) is 3.09. The molecule has 2 aliphatic rings. The number of hydrogen-bond donors (Lipinski definition) is 0. The van der Waals surface area contributed by atoms with Crippen molar-refractivity contribution in [1.82, 2.24) is 24.8 Å². The van der Waals surface area contributed by atoms with Crippen molar-refractivity contribution in [2.24, 2.45) is 7.05 Å². The van der Waals surface area contributed by atoms with Crippen LogP contribution in [0.1, 0.15) is 53.5 Å². The van der Waals surface area contributed by atoms with Gasteiger partial charge in [0.2, 0.25) is 0 Å². The van der Waals surface area contributed by atoms with Gasteiger partial charge >= 0.3 is 0 Å². The molecule has 0 spiro atoms. The molecule has 1 saturated heterocycles. The van der Waals surface area contributed by atoms with Crippen LogP contribution in [0.15, 0.2) is 35.1 Å². The number of rotatable bonds is 3. The lowest BCUT2D eigenvalue weighted by atomic mass is 10.1.